The first-order valence-electron chi connectivity index (χ1n) is 8.43. The fraction of sp³-hybridized carbons (Fsp3) is 0.263. The standard InChI is InChI=1S/C19H21Cl2N3O3/c1-3-24(11-18(25)22-14-5-4-6-15(10-14)27-2)12-19(26)23-17-8-7-13(20)9-16(17)21/h4-10H,3,11-12H2,1-2H3,(H,22,25)(H,23,26)/p+1. The van der Waals surface area contributed by atoms with Gasteiger partial charge in [-0.2, -0.15) is 0 Å². The minimum atomic E-state index is -0.231. The predicted molar refractivity (Wildman–Crippen MR) is 108 cm³/mol. The molecule has 0 saturated carbocycles. The summed E-state index contributed by atoms with van der Waals surface area (Å²) in [5.74, 6) is 0.245. The molecular formula is C19H22Cl2N3O3+. The number of hydrogen-bond donors (Lipinski definition) is 3. The van der Waals surface area contributed by atoms with E-state index in [2.05, 4.69) is 10.6 Å². The van der Waals surface area contributed by atoms with Crippen molar-refractivity contribution < 1.29 is 19.2 Å². The molecule has 0 radical (unpaired) electrons. The lowest BCUT2D eigenvalue weighted by atomic mass is 10.3. The van der Waals surface area contributed by atoms with E-state index in [0.29, 0.717) is 33.7 Å². The highest BCUT2D eigenvalue weighted by atomic mass is 35.5. The number of carbonyl (C=O) groups excluding carboxylic acids is 2. The molecular weight excluding hydrogens is 389 g/mol. The van der Waals surface area contributed by atoms with E-state index in [9.17, 15) is 9.59 Å². The number of benzene rings is 2. The first-order chi connectivity index (χ1) is 12.9. The Morgan fingerprint density at radius 1 is 1.04 bits per heavy atom. The quantitative estimate of drug-likeness (QED) is 0.625. The summed E-state index contributed by atoms with van der Waals surface area (Å²) in [5, 5.41) is 6.41. The van der Waals surface area contributed by atoms with E-state index in [0.717, 1.165) is 4.90 Å². The number of likely N-dealkylation sites (N-methyl/N-ethyl adjacent to an activating group) is 1. The number of nitrogens with one attached hydrogen (secondary N) is 3. The molecule has 0 aliphatic rings. The van der Waals surface area contributed by atoms with Gasteiger partial charge in [-0.1, -0.05) is 29.3 Å². The zero-order chi connectivity index (χ0) is 19.8. The van der Waals surface area contributed by atoms with Gasteiger partial charge in [0.25, 0.3) is 11.8 Å². The number of amides is 2. The van der Waals surface area contributed by atoms with Gasteiger partial charge in [0.2, 0.25) is 0 Å². The summed E-state index contributed by atoms with van der Waals surface area (Å²) in [6, 6.07) is 12.0. The smallest absolute Gasteiger partial charge is 0.279 e. The largest absolute Gasteiger partial charge is 0.497 e. The van der Waals surface area contributed by atoms with Gasteiger partial charge in [-0.25, -0.2) is 0 Å². The molecule has 2 aromatic carbocycles. The van der Waals surface area contributed by atoms with Gasteiger partial charge in [0.05, 0.1) is 24.4 Å². The predicted octanol–water partition coefficient (Wildman–Crippen LogP) is 2.48. The molecule has 1 unspecified atom stereocenters. The summed E-state index contributed by atoms with van der Waals surface area (Å²) in [4.78, 5) is 25.4. The third-order valence-electron chi connectivity index (χ3n) is 3.88. The van der Waals surface area contributed by atoms with Crippen LogP contribution in [0.5, 0.6) is 5.75 Å². The molecule has 8 heteroatoms. The fourth-order valence-corrected chi connectivity index (χ4v) is 2.91. The molecule has 27 heavy (non-hydrogen) atoms. The Bertz CT molecular complexity index is 815. The van der Waals surface area contributed by atoms with E-state index in [1.807, 2.05) is 6.92 Å². The Hall–Kier alpha value is -2.28. The third-order valence-corrected chi connectivity index (χ3v) is 4.43. The van der Waals surface area contributed by atoms with Crippen molar-refractivity contribution in [2.75, 3.05) is 37.4 Å². The van der Waals surface area contributed by atoms with Crippen molar-refractivity contribution in [3.63, 3.8) is 0 Å². The number of quaternary nitrogens is 1. The first-order valence-corrected chi connectivity index (χ1v) is 9.19. The van der Waals surface area contributed by atoms with Crippen LogP contribution in [0, 0.1) is 0 Å². The zero-order valence-corrected chi connectivity index (χ0v) is 16.7. The van der Waals surface area contributed by atoms with Crippen molar-refractivity contribution >= 4 is 46.4 Å². The summed E-state index contributed by atoms with van der Waals surface area (Å²) in [6.07, 6.45) is 0. The van der Waals surface area contributed by atoms with Gasteiger partial charge in [0.1, 0.15) is 5.75 Å². The summed E-state index contributed by atoms with van der Waals surface area (Å²) < 4.78 is 5.14. The molecule has 1 atom stereocenters. The lowest BCUT2D eigenvalue weighted by molar-refractivity contribution is -0.881. The number of halogens is 2. The third kappa shape index (κ3) is 6.75. The fourth-order valence-electron chi connectivity index (χ4n) is 2.46. The maximum Gasteiger partial charge on any atom is 0.279 e. The van der Waals surface area contributed by atoms with Crippen molar-refractivity contribution in [2.45, 2.75) is 6.92 Å². The highest BCUT2D eigenvalue weighted by Gasteiger charge is 2.17. The monoisotopic (exact) mass is 410 g/mol. The lowest BCUT2D eigenvalue weighted by Gasteiger charge is -2.17. The molecule has 6 nitrogen and oxygen atoms in total. The van der Waals surface area contributed by atoms with Crippen LogP contribution in [0.3, 0.4) is 0 Å². The van der Waals surface area contributed by atoms with Crippen LogP contribution in [0.25, 0.3) is 0 Å². The highest BCUT2D eigenvalue weighted by Crippen LogP contribution is 2.25. The number of rotatable bonds is 8. The SMILES string of the molecule is CC[NH+](CC(=O)Nc1cccc(OC)c1)CC(=O)Nc1ccc(Cl)cc1Cl. The summed E-state index contributed by atoms with van der Waals surface area (Å²) in [6.45, 7) is 2.83. The Balaban J connectivity index is 1.89. The number of anilines is 2. The van der Waals surface area contributed by atoms with Crippen LogP contribution in [0.1, 0.15) is 6.92 Å². The van der Waals surface area contributed by atoms with Crippen LogP contribution in [0.15, 0.2) is 42.5 Å². The molecule has 0 fully saturated rings. The van der Waals surface area contributed by atoms with Crippen molar-refractivity contribution in [3.8, 4) is 5.75 Å². The minimum Gasteiger partial charge on any atom is -0.497 e. The van der Waals surface area contributed by atoms with Crippen molar-refractivity contribution in [1.29, 1.82) is 0 Å². The van der Waals surface area contributed by atoms with Crippen molar-refractivity contribution in [1.82, 2.24) is 0 Å². The lowest BCUT2D eigenvalue weighted by Crippen LogP contribution is -3.13. The Morgan fingerprint density at radius 3 is 2.37 bits per heavy atom. The van der Waals surface area contributed by atoms with Crippen LogP contribution < -0.4 is 20.3 Å². The average Bonchev–Trinajstić information content (AvgIpc) is 2.63. The van der Waals surface area contributed by atoms with Gasteiger partial charge in [0, 0.05) is 16.8 Å². The molecule has 2 rings (SSSR count). The Kier molecular flexibility index (Phi) is 7.91. The van der Waals surface area contributed by atoms with E-state index in [1.54, 1.807) is 49.6 Å². The van der Waals surface area contributed by atoms with E-state index in [-0.39, 0.29) is 24.9 Å². The van der Waals surface area contributed by atoms with Crippen molar-refractivity contribution in [3.05, 3.63) is 52.5 Å². The molecule has 0 saturated heterocycles. The number of hydrogen-bond acceptors (Lipinski definition) is 3. The van der Waals surface area contributed by atoms with Gasteiger partial charge < -0.3 is 20.3 Å². The second kappa shape index (κ2) is 10.2. The van der Waals surface area contributed by atoms with E-state index < -0.39 is 0 Å². The maximum atomic E-state index is 12.3. The number of methoxy groups -OCH3 is 1. The zero-order valence-electron chi connectivity index (χ0n) is 15.1. The van der Waals surface area contributed by atoms with Crippen LogP contribution in [-0.2, 0) is 9.59 Å². The van der Waals surface area contributed by atoms with E-state index in [4.69, 9.17) is 27.9 Å². The molecule has 2 amide bonds. The highest BCUT2D eigenvalue weighted by molar-refractivity contribution is 6.36. The number of carbonyl (C=O) groups is 2. The van der Waals surface area contributed by atoms with E-state index >= 15 is 0 Å². The van der Waals surface area contributed by atoms with Crippen LogP contribution in [0.2, 0.25) is 10.0 Å². The molecule has 2 aromatic rings. The molecule has 0 heterocycles. The van der Waals surface area contributed by atoms with Gasteiger partial charge in [0.15, 0.2) is 13.1 Å². The number of ether oxygens (including phenoxy) is 1. The molecule has 3 N–H and O–H groups in total. The minimum absolute atomic E-state index is 0.140. The molecule has 144 valence electrons. The average molecular weight is 411 g/mol. The summed E-state index contributed by atoms with van der Waals surface area (Å²) in [7, 11) is 1.56. The Labute approximate surface area is 168 Å². The van der Waals surface area contributed by atoms with E-state index in [1.165, 1.54) is 0 Å². The van der Waals surface area contributed by atoms with Crippen LogP contribution in [0.4, 0.5) is 11.4 Å². The van der Waals surface area contributed by atoms with Crippen LogP contribution in [-0.4, -0.2) is 38.6 Å². The Morgan fingerprint density at radius 2 is 1.74 bits per heavy atom. The molecule has 0 aromatic heterocycles. The maximum absolute atomic E-state index is 12.3. The molecule has 0 spiro atoms. The van der Waals surface area contributed by atoms with Gasteiger partial charge >= 0.3 is 0 Å². The van der Waals surface area contributed by atoms with Gasteiger partial charge in [-0.3, -0.25) is 9.59 Å². The van der Waals surface area contributed by atoms with Crippen molar-refractivity contribution in [2.24, 2.45) is 0 Å². The molecule has 0 aliphatic heterocycles. The second-order valence-corrected chi connectivity index (χ2v) is 6.75. The second-order valence-electron chi connectivity index (χ2n) is 5.91. The normalized spacial score (nSPS) is 11.6. The van der Waals surface area contributed by atoms with Gasteiger partial charge in [-0.15, -0.1) is 0 Å². The topological polar surface area (TPSA) is 71.9 Å². The summed E-state index contributed by atoms with van der Waals surface area (Å²) in [5.41, 5.74) is 1.13. The summed E-state index contributed by atoms with van der Waals surface area (Å²) >= 11 is 11.9. The van der Waals surface area contributed by atoms with Crippen LogP contribution >= 0.6 is 23.2 Å². The van der Waals surface area contributed by atoms with Gasteiger partial charge in [-0.05, 0) is 37.3 Å². The molecule has 0 bridgehead atoms. The first kappa shape index (κ1) is 21.0. The molecule has 0 aliphatic carbocycles.